The van der Waals surface area contributed by atoms with Crippen LogP contribution in [0.4, 0.5) is 5.69 Å². The summed E-state index contributed by atoms with van der Waals surface area (Å²) in [5, 5.41) is 3.09. The van der Waals surface area contributed by atoms with E-state index < -0.39 is 0 Å². The number of carbonyl (C=O) groups is 1. The molecule has 0 heterocycles. The van der Waals surface area contributed by atoms with E-state index in [4.69, 9.17) is 14.2 Å². The van der Waals surface area contributed by atoms with Gasteiger partial charge >= 0.3 is 0 Å². The number of allylic oxidation sites excluding steroid dienone is 1. The molecule has 30 heavy (non-hydrogen) atoms. The average molecular weight is 418 g/mol. The van der Waals surface area contributed by atoms with Crippen molar-refractivity contribution in [1.82, 2.24) is 0 Å². The van der Waals surface area contributed by atoms with Crippen molar-refractivity contribution in [3.8, 4) is 17.2 Å². The number of benzene rings is 1. The molecule has 1 amide bonds. The zero-order valence-electron chi connectivity index (χ0n) is 19.5. The lowest BCUT2D eigenvalue weighted by Crippen LogP contribution is -2.32. The summed E-state index contributed by atoms with van der Waals surface area (Å²) in [4.78, 5) is 13.4. The molecule has 0 radical (unpaired) electrons. The number of amides is 1. The van der Waals surface area contributed by atoms with Crippen molar-refractivity contribution in [2.75, 3.05) is 26.6 Å². The molecule has 0 fully saturated rings. The molecule has 0 spiro atoms. The third-order valence-corrected chi connectivity index (χ3v) is 6.33. The van der Waals surface area contributed by atoms with Gasteiger partial charge in [0.15, 0.2) is 0 Å². The third kappa shape index (κ3) is 6.16. The van der Waals surface area contributed by atoms with E-state index in [1.807, 2.05) is 0 Å². The fraction of sp³-hybridized carbons (Fsp3) is 0.640. The first kappa shape index (κ1) is 24.1. The summed E-state index contributed by atoms with van der Waals surface area (Å²) >= 11 is 0. The smallest absolute Gasteiger partial charge is 0.231 e. The molecule has 5 heteroatoms. The summed E-state index contributed by atoms with van der Waals surface area (Å²) < 4.78 is 16.3. The summed E-state index contributed by atoms with van der Waals surface area (Å²) in [6.07, 6.45) is 10.6. The Labute approximate surface area is 182 Å². The molecular weight excluding hydrogens is 378 g/mol. The van der Waals surface area contributed by atoms with Gasteiger partial charge in [-0.25, -0.2) is 0 Å². The number of ether oxygens (including phenoxy) is 3. The van der Waals surface area contributed by atoms with Crippen LogP contribution in [0.5, 0.6) is 17.2 Å². The van der Waals surface area contributed by atoms with Crippen LogP contribution >= 0.6 is 0 Å². The highest BCUT2D eigenvalue weighted by Crippen LogP contribution is 2.41. The maximum atomic E-state index is 13.4. The molecule has 0 saturated heterocycles. The first-order valence-electron chi connectivity index (χ1n) is 11.2. The van der Waals surface area contributed by atoms with E-state index in [9.17, 15) is 4.79 Å². The SMILES string of the molecule is CCCCCCC[C@H]1C[C@@H](C)C(C)=C[C@@H]1C(=O)Nc1c(OC)cc(OC)cc1OC. The molecule has 1 aliphatic rings. The second-order valence-electron chi connectivity index (χ2n) is 8.43. The van der Waals surface area contributed by atoms with Gasteiger partial charge in [0.25, 0.3) is 0 Å². The molecule has 3 atom stereocenters. The summed E-state index contributed by atoms with van der Waals surface area (Å²) in [6, 6.07) is 3.51. The molecule has 0 aliphatic heterocycles. The van der Waals surface area contributed by atoms with E-state index in [-0.39, 0.29) is 11.8 Å². The molecule has 0 bridgehead atoms. The molecule has 1 aliphatic carbocycles. The topological polar surface area (TPSA) is 56.8 Å². The first-order valence-corrected chi connectivity index (χ1v) is 11.2. The Morgan fingerprint density at radius 1 is 1.03 bits per heavy atom. The normalized spacial score (nSPS) is 21.0. The second kappa shape index (κ2) is 11.9. The number of hydrogen-bond acceptors (Lipinski definition) is 4. The summed E-state index contributed by atoms with van der Waals surface area (Å²) in [5.74, 6) is 2.43. The predicted octanol–water partition coefficient (Wildman–Crippen LogP) is 6.23. The Bertz CT molecular complexity index is 703. The summed E-state index contributed by atoms with van der Waals surface area (Å²) in [6.45, 7) is 6.63. The van der Waals surface area contributed by atoms with Gasteiger partial charge in [0.05, 0.1) is 27.2 Å². The highest BCUT2D eigenvalue weighted by molar-refractivity contribution is 5.97. The van der Waals surface area contributed by atoms with Crippen molar-refractivity contribution < 1.29 is 19.0 Å². The van der Waals surface area contributed by atoms with Crippen LogP contribution in [0.25, 0.3) is 0 Å². The van der Waals surface area contributed by atoms with Crippen molar-refractivity contribution in [3.63, 3.8) is 0 Å². The van der Waals surface area contributed by atoms with Crippen LogP contribution in [0.2, 0.25) is 0 Å². The fourth-order valence-corrected chi connectivity index (χ4v) is 4.30. The van der Waals surface area contributed by atoms with Crippen LogP contribution in [-0.2, 0) is 4.79 Å². The zero-order chi connectivity index (χ0) is 22.1. The van der Waals surface area contributed by atoms with Gasteiger partial charge in [-0.1, -0.05) is 57.6 Å². The zero-order valence-corrected chi connectivity index (χ0v) is 19.5. The van der Waals surface area contributed by atoms with Crippen LogP contribution in [-0.4, -0.2) is 27.2 Å². The summed E-state index contributed by atoms with van der Waals surface area (Å²) in [5.41, 5.74) is 1.85. The van der Waals surface area contributed by atoms with Crippen molar-refractivity contribution >= 4 is 11.6 Å². The molecule has 1 N–H and O–H groups in total. The van der Waals surface area contributed by atoms with Crippen LogP contribution in [0, 0.1) is 17.8 Å². The van der Waals surface area contributed by atoms with E-state index in [0.717, 1.165) is 12.8 Å². The minimum absolute atomic E-state index is 0.00146. The van der Waals surface area contributed by atoms with E-state index >= 15 is 0 Å². The molecule has 2 rings (SSSR count). The van der Waals surface area contributed by atoms with Crippen LogP contribution in [0.15, 0.2) is 23.8 Å². The molecule has 1 aromatic rings. The number of carbonyl (C=O) groups excluding carboxylic acids is 1. The third-order valence-electron chi connectivity index (χ3n) is 6.33. The Morgan fingerprint density at radius 2 is 1.67 bits per heavy atom. The van der Waals surface area contributed by atoms with Gasteiger partial charge in [-0.3, -0.25) is 4.79 Å². The number of hydrogen-bond donors (Lipinski definition) is 1. The molecule has 0 saturated carbocycles. The Kier molecular flexibility index (Phi) is 9.54. The molecule has 0 aromatic heterocycles. The Balaban J connectivity index is 2.19. The van der Waals surface area contributed by atoms with E-state index in [1.54, 1.807) is 33.5 Å². The number of nitrogens with one attached hydrogen (secondary N) is 1. The Hall–Kier alpha value is -2.17. The predicted molar refractivity (Wildman–Crippen MR) is 123 cm³/mol. The van der Waals surface area contributed by atoms with Gasteiger partial charge in [-0.15, -0.1) is 0 Å². The molecular formula is C25H39NO4. The van der Waals surface area contributed by atoms with Gasteiger partial charge in [0, 0.05) is 12.1 Å². The highest BCUT2D eigenvalue weighted by Gasteiger charge is 2.33. The molecule has 0 unspecified atom stereocenters. The van der Waals surface area contributed by atoms with Crippen molar-refractivity contribution in [1.29, 1.82) is 0 Å². The van der Waals surface area contributed by atoms with Crippen LogP contribution < -0.4 is 19.5 Å². The largest absolute Gasteiger partial charge is 0.496 e. The fourth-order valence-electron chi connectivity index (χ4n) is 4.30. The minimum Gasteiger partial charge on any atom is -0.496 e. The number of rotatable bonds is 11. The molecule has 1 aromatic carbocycles. The van der Waals surface area contributed by atoms with Crippen molar-refractivity contribution in [2.24, 2.45) is 17.8 Å². The van der Waals surface area contributed by atoms with E-state index in [2.05, 4.69) is 32.2 Å². The first-order chi connectivity index (χ1) is 14.4. The lowest BCUT2D eigenvalue weighted by atomic mass is 9.73. The average Bonchev–Trinajstić information content (AvgIpc) is 2.75. The number of unbranched alkanes of at least 4 members (excludes halogenated alkanes) is 4. The lowest BCUT2D eigenvalue weighted by molar-refractivity contribution is -0.120. The van der Waals surface area contributed by atoms with Gasteiger partial charge in [-0.2, -0.15) is 0 Å². The van der Waals surface area contributed by atoms with Gasteiger partial charge in [0.1, 0.15) is 22.9 Å². The Morgan fingerprint density at radius 3 is 2.23 bits per heavy atom. The van der Waals surface area contributed by atoms with E-state index in [1.165, 1.54) is 37.7 Å². The minimum atomic E-state index is -0.135. The molecule has 168 valence electrons. The number of anilines is 1. The van der Waals surface area contributed by atoms with Crippen LogP contribution in [0.1, 0.15) is 65.7 Å². The van der Waals surface area contributed by atoms with E-state index in [0.29, 0.717) is 34.8 Å². The monoisotopic (exact) mass is 417 g/mol. The maximum Gasteiger partial charge on any atom is 0.231 e. The van der Waals surface area contributed by atoms with Crippen LogP contribution in [0.3, 0.4) is 0 Å². The summed E-state index contributed by atoms with van der Waals surface area (Å²) in [7, 11) is 4.75. The lowest BCUT2D eigenvalue weighted by Gasteiger charge is -2.33. The second-order valence-corrected chi connectivity index (χ2v) is 8.43. The standard InChI is InChI=1S/C25H39NO4/c1-7-8-9-10-11-12-19-13-17(2)18(3)14-21(19)25(27)26-24-22(29-5)15-20(28-4)16-23(24)30-6/h14-17,19,21H,7-13H2,1-6H3,(H,26,27)/t17-,19+,21+/m1/s1. The van der Waals surface area contributed by atoms with Gasteiger partial charge in [0.2, 0.25) is 5.91 Å². The van der Waals surface area contributed by atoms with Crippen molar-refractivity contribution in [2.45, 2.75) is 65.7 Å². The molecule has 5 nitrogen and oxygen atoms in total. The maximum absolute atomic E-state index is 13.4. The van der Waals surface area contributed by atoms with Gasteiger partial charge in [-0.05, 0) is 31.6 Å². The highest BCUT2D eigenvalue weighted by atomic mass is 16.5. The van der Waals surface area contributed by atoms with Crippen molar-refractivity contribution in [3.05, 3.63) is 23.8 Å². The quantitative estimate of drug-likeness (QED) is 0.342. The van der Waals surface area contributed by atoms with Gasteiger partial charge < -0.3 is 19.5 Å². The number of methoxy groups -OCH3 is 3.